The molecule has 0 aliphatic heterocycles. The minimum Gasteiger partial charge on any atom is -0.353 e. The molecular weight excluding hydrogens is 243 g/mol. The summed E-state index contributed by atoms with van der Waals surface area (Å²) in [6, 6.07) is 6.53. The number of amides is 1. The molecule has 4 heteroatoms. The summed E-state index contributed by atoms with van der Waals surface area (Å²) in [5.74, 6) is -0.239. The molecule has 2 N–H and O–H groups in total. The van der Waals surface area contributed by atoms with Crippen molar-refractivity contribution in [1.29, 1.82) is 0 Å². The van der Waals surface area contributed by atoms with Gasteiger partial charge in [-0.3, -0.25) is 4.79 Å². The number of hydrogen-bond acceptors (Lipinski definition) is 2. The van der Waals surface area contributed by atoms with Crippen LogP contribution in [0.4, 0.5) is 4.39 Å². The molecule has 1 aromatic rings. The fourth-order valence-electron chi connectivity index (χ4n) is 1.99. The third-order valence-corrected chi connectivity index (χ3v) is 2.79. The number of carbonyl (C=O) groups is 1. The van der Waals surface area contributed by atoms with Crippen molar-refractivity contribution in [2.45, 2.75) is 52.2 Å². The lowest BCUT2D eigenvalue weighted by molar-refractivity contribution is -0.123. The average Bonchev–Trinajstić information content (AvgIpc) is 2.27. The molecule has 0 aromatic heterocycles. The smallest absolute Gasteiger partial charge is 0.237 e. The summed E-state index contributed by atoms with van der Waals surface area (Å²) in [5, 5.41) is 6.08. The molecule has 0 spiro atoms. The highest BCUT2D eigenvalue weighted by atomic mass is 19.1. The van der Waals surface area contributed by atoms with E-state index in [0.29, 0.717) is 6.42 Å². The van der Waals surface area contributed by atoms with Gasteiger partial charge in [0, 0.05) is 12.1 Å². The van der Waals surface area contributed by atoms with Crippen molar-refractivity contribution >= 4 is 5.91 Å². The molecule has 0 aliphatic rings. The second-order valence-electron chi connectivity index (χ2n) is 5.29. The first kappa shape index (κ1) is 15.6. The van der Waals surface area contributed by atoms with Crippen LogP contribution in [0.5, 0.6) is 0 Å². The summed E-state index contributed by atoms with van der Waals surface area (Å²) in [6.45, 7) is 7.69. The summed E-state index contributed by atoms with van der Waals surface area (Å²) in [7, 11) is 0. The molecule has 0 radical (unpaired) electrons. The van der Waals surface area contributed by atoms with E-state index in [-0.39, 0.29) is 29.8 Å². The minimum atomic E-state index is -0.258. The molecule has 1 aromatic carbocycles. The van der Waals surface area contributed by atoms with Crippen LogP contribution >= 0.6 is 0 Å². The first-order valence-electron chi connectivity index (χ1n) is 6.69. The van der Waals surface area contributed by atoms with Gasteiger partial charge in [-0.25, -0.2) is 4.39 Å². The lowest BCUT2D eigenvalue weighted by Gasteiger charge is -2.20. The Bertz CT molecular complexity index is 420. The monoisotopic (exact) mass is 266 g/mol. The maximum atomic E-state index is 13.1. The number of halogens is 1. The predicted octanol–water partition coefficient (Wildman–Crippen LogP) is 2.26. The molecule has 19 heavy (non-hydrogen) atoms. The SMILES string of the molecule is CC(C)NC(=O)C(C)NC(C)Cc1cccc(F)c1. The summed E-state index contributed by atoms with van der Waals surface area (Å²) in [4.78, 5) is 11.8. The fraction of sp³-hybridized carbons (Fsp3) is 0.533. The van der Waals surface area contributed by atoms with Gasteiger partial charge in [-0.2, -0.15) is 0 Å². The van der Waals surface area contributed by atoms with Gasteiger partial charge in [0.05, 0.1) is 6.04 Å². The molecular formula is C15H23FN2O. The summed E-state index contributed by atoms with van der Waals surface area (Å²) >= 11 is 0. The van der Waals surface area contributed by atoms with Crippen LogP contribution in [0.15, 0.2) is 24.3 Å². The zero-order valence-electron chi connectivity index (χ0n) is 12.0. The molecule has 0 bridgehead atoms. The fourth-order valence-corrected chi connectivity index (χ4v) is 1.99. The summed E-state index contributed by atoms with van der Waals surface area (Å²) < 4.78 is 13.1. The van der Waals surface area contributed by atoms with Crippen molar-refractivity contribution in [3.63, 3.8) is 0 Å². The third-order valence-electron chi connectivity index (χ3n) is 2.79. The number of carbonyl (C=O) groups excluding carboxylic acids is 1. The molecule has 1 rings (SSSR count). The second kappa shape index (κ2) is 7.24. The largest absolute Gasteiger partial charge is 0.353 e. The minimum absolute atomic E-state index is 0.0129. The predicted molar refractivity (Wildman–Crippen MR) is 75.4 cm³/mol. The molecule has 2 atom stereocenters. The van der Waals surface area contributed by atoms with E-state index in [1.165, 1.54) is 12.1 Å². The van der Waals surface area contributed by atoms with Crippen molar-refractivity contribution < 1.29 is 9.18 Å². The van der Waals surface area contributed by atoms with Gasteiger partial charge in [0.25, 0.3) is 0 Å². The van der Waals surface area contributed by atoms with Gasteiger partial charge in [0.1, 0.15) is 5.82 Å². The Balaban J connectivity index is 2.46. The number of rotatable bonds is 6. The van der Waals surface area contributed by atoms with Gasteiger partial charge in [0.15, 0.2) is 0 Å². The Morgan fingerprint density at radius 1 is 1.26 bits per heavy atom. The summed E-state index contributed by atoms with van der Waals surface area (Å²) in [5.41, 5.74) is 0.927. The molecule has 0 heterocycles. The normalized spacial score (nSPS) is 14.2. The van der Waals surface area contributed by atoms with Gasteiger partial charge in [-0.15, -0.1) is 0 Å². The van der Waals surface area contributed by atoms with Crippen molar-refractivity contribution in [3.05, 3.63) is 35.6 Å². The zero-order chi connectivity index (χ0) is 14.4. The Morgan fingerprint density at radius 2 is 1.95 bits per heavy atom. The molecule has 0 saturated carbocycles. The standard InChI is InChI=1S/C15H23FN2O/c1-10(2)17-15(19)12(4)18-11(3)8-13-6-5-7-14(16)9-13/h5-7,9-12,18H,8H2,1-4H3,(H,17,19). The molecule has 1 amide bonds. The van der Waals surface area contributed by atoms with E-state index in [1.807, 2.05) is 33.8 Å². The van der Waals surface area contributed by atoms with E-state index in [1.54, 1.807) is 6.07 Å². The van der Waals surface area contributed by atoms with E-state index >= 15 is 0 Å². The van der Waals surface area contributed by atoms with Crippen LogP contribution in [0.25, 0.3) is 0 Å². The van der Waals surface area contributed by atoms with Crippen LogP contribution in [-0.2, 0) is 11.2 Å². The molecule has 2 unspecified atom stereocenters. The van der Waals surface area contributed by atoms with Crippen molar-refractivity contribution in [2.24, 2.45) is 0 Å². The third kappa shape index (κ3) is 5.83. The van der Waals surface area contributed by atoms with Crippen LogP contribution in [0.3, 0.4) is 0 Å². The first-order chi connectivity index (χ1) is 8.88. The maximum Gasteiger partial charge on any atom is 0.237 e. The Kier molecular flexibility index (Phi) is 5.96. The molecule has 0 aliphatic carbocycles. The highest BCUT2D eigenvalue weighted by Gasteiger charge is 2.16. The zero-order valence-corrected chi connectivity index (χ0v) is 12.0. The first-order valence-corrected chi connectivity index (χ1v) is 6.69. The van der Waals surface area contributed by atoms with Gasteiger partial charge < -0.3 is 10.6 Å². The van der Waals surface area contributed by atoms with E-state index < -0.39 is 0 Å². The van der Waals surface area contributed by atoms with Crippen molar-refractivity contribution in [3.8, 4) is 0 Å². The van der Waals surface area contributed by atoms with E-state index in [2.05, 4.69) is 10.6 Å². The van der Waals surface area contributed by atoms with Gasteiger partial charge in [-0.05, 0) is 51.8 Å². The Morgan fingerprint density at radius 3 is 2.53 bits per heavy atom. The molecule has 106 valence electrons. The van der Waals surface area contributed by atoms with Crippen LogP contribution < -0.4 is 10.6 Å². The lowest BCUT2D eigenvalue weighted by atomic mass is 10.1. The second-order valence-corrected chi connectivity index (χ2v) is 5.29. The van der Waals surface area contributed by atoms with Crippen LogP contribution in [0.1, 0.15) is 33.3 Å². The van der Waals surface area contributed by atoms with Crippen LogP contribution in [0, 0.1) is 5.82 Å². The van der Waals surface area contributed by atoms with Crippen molar-refractivity contribution in [2.75, 3.05) is 0 Å². The Hall–Kier alpha value is -1.42. The van der Waals surface area contributed by atoms with Gasteiger partial charge in [0.2, 0.25) is 5.91 Å². The highest BCUT2D eigenvalue weighted by molar-refractivity contribution is 5.81. The maximum absolute atomic E-state index is 13.1. The van der Waals surface area contributed by atoms with Crippen molar-refractivity contribution in [1.82, 2.24) is 10.6 Å². The van der Waals surface area contributed by atoms with E-state index in [9.17, 15) is 9.18 Å². The summed E-state index contributed by atoms with van der Waals surface area (Å²) in [6.07, 6.45) is 0.692. The van der Waals surface area contributed by atoms with Crippen LogP contribution in [0.2, 0.25) is 0 Å². The number of nitrogens with one attached hydrogen (secondary N) is 2. The van der Waals surface area contributed by atoms with E-state index in [0.717, 1.165) is 5.56 Å². The topological polar surface area (TPSA) is 41.1 Å². The quantitative estimate of drug-likeness (QED) is 0.829. The van der Waals surface area contributed by atoms with Crippen LogP contribution in [-0.4, -0.2) is 24.0 Å². The Labute approximate surface area is 114 Å². The number of benzene rings is 1. The number of hydrogen-bond donors (Lipinski definition) is 2. The highest BCUT2D eigenvalue weighted by Crippen LogP contribution is 2.06. The molecule has 3 nitrogen and oxygen atoms in total. The molecule has 0 saturated heterocycles. The van der Waals surface area contributed by atoms with Gasteiger partial charge >= 0.3 is 0 Å². The van der Waals surface area contributed by atoms with E-state index in [4.69, 9.17) is 0 Å². The average molecular weight is 266 g/mol. The van der Waals surface area contributed by atoms with Gasteiger partial charge in [-0.1, -0.05) is 12.1 Å². The molecule has 0 fully saturated rings. The lowest BCUT2D eigenvalue weighted by Crippen LogP contribution is -2.48.